The van der Waals surface area contributed by atoms with Crippen LogP contribution >= 0.6 is 23.4 Å². The van der Waals surface area contributed by atoms with E-state index in [-0.39, 0.29) is 17.3 Å². The average Bonchev–Trinajstić information content (AvgIpc) is 2.53. The molecule has 110 valence electrons. The van der Waals surface area contributed by atoms with Gasteiger partial charge in [0.05, 0.1) is 12.1 Å². The number of carbonyl (C=O) groups is 2. The third-order valence-corrected chi connectivity index (χ3v) is 4.78. The van der Waals surface area contributed by atoms with Crippen LogP contribution in [0.5, 0.6) is 0 Å². The summed E-state index contributed by atoms with van der Waals surface area (Å²) in [6.07, 6.45) is 1.23. The molecule has 0 aliphatic heterocycles. The normalized spacial score (nSPS) is 13.6. The van der Waals surface area contributed by atoms with Crippen LogP contribution in [0.2, 0.25) is 5.02 Å². The predicted molar refractivity (Wildman–Crippen MR) is 85.8 cm³/mol. The molecule has 0 atom stereocenters. The van der Waals surface area contributed by atoms with E-state index in [9.17, 15) is 9.59 Å². The van der Waals surface area contributed by atoms with E-state index in [1.807, 2.05) is 24.3 Å². The molecule has 0 bridgehead atoms. The summed E-state index contributed by atoms with van der Waals surface area (Å²) in [6.45, 7) is 0. The molecule has 0 heterocycles. The molecule has 0 amide bonds. The first-order valence-electron chi connectivity index (χ1n) is 6.51. The van der Waals surface area contributed by atoms with Crippen LogP contribution in [0, 0.1) is 0 Å². The lowest BCUT2D eigenvalue weighted by atomic mass is 9.94. The summed E-state index contributed by atoms with van der Waals surface area (Å²) in [5.41, 5.74) is 0.760. The van der Waals surface area contributed by atoms with Gasteiger partial charge in [-0.25, -0.2) is 0 Å². The maximum Gasteiger partial charge on any atom is 0.228 e. The quantitative estimate of drug-likeness (QED) is 0.836. The van der Waals surface area contributed by atoms with E-state index in [4.69, 9.17) is 16.3 Å². The minimum atomic E-state index is -0.272. The van der Waals surface area contributed by atoms with E-state index >= 15 is 0 Å². The van der Waals surface area contributed by atoms with Crippen LogP contribution in [-0.2, 0) is 4.74 Å². The van der Waals surface area contributed by atoms with Gasteiger partial charge >= 0.3 is 0 Å². The van der Waals surface area contributed by atoms with Crippen LogP contribution in [0.4, 0.5) is 0 Å². The second-order valence-electron chi connectivity index (χ2n) is 4.65. The van der Waals surface area contributed by atoms with Gasteiger partial charge in [0.25, 0.3) is 0 Å². The molecule has 0 N–H and O–H groups in total. The van der Waals surface area contributed by atoms with E-state index in [0.29, 0.717) is 16.1 Å². The smallest absolute Gasteiger partial charge is 0.228 e. The largest absolute Gasteiger partial charge is 0.492 e. The molecule has 0 aromatic heterocycles. The summed E-state index contributed by atoms with van der Waals surface area (Å²) < 4.78 is 4.94. The van der Waals surface area contributed by atoms with Crippen LogP contribution in [-0.4, -0.2) is 18.7 Å². The zero-order chi connectivity index (χ0) is 15.7. The Balaban J connectivity index is 1.97. The van der Waals surface area contributed by atoms with Crippen molar-refractivity contribution in [1.82, 2.24) is 0 Å². The molecule has 3 nitrogen and oxygen atoms in total. The standard InChI is InChI=1S/C17H11ClO3S/c1-21-15-9-14(19)12-8-10(6-7-11(12)17(15)20)22-16-5-3-2-4-13(16)18/h2-9H,1H3. The van der Waals surface area contributed by atoms with E-state index in [1.54, 1.807) is 18.2 Å². The fourth-order valence-electron chi connectivity index (χ4n) is 2.19. The van der Waals surface area contributed by atoms with Gasteiger partial charge in [-0.05, 0) is 30.3 Å². The van der Waals surface area contributed by atoms with Crippen LogP contribution in [0.1, 0.15) is 20.7 Å². The van der Waals surface area contributed by atoms with Gasteiger partial charge in [0.2, 0.25) is 5.78 Å². The summed E-state index contributed by atoms with van der Waals surface area (Å²) in [7, 11) is 1.38. The number of fused-ring (bicyclic) bond motifs is 1. The predicted octanol–water partition coefficient (Wildman–Crippen LogP) is 4.40. The first-order chi connectivity index (χ1) is 10.6. The Labute approximate surface area is 136 Å². The average molecular weight is 331 g/mol. The van der Waals surface area contributed by atoms with E-state index < -0.39 is 0 Å². The number of hydrogen-bond acceptors (Lipinski definition) is 4. The fraction of sp³-hybridized carbons (Fsp3) is 0.0588. The molecule has 3 rings (SSSR count). The molecule has 0 unspecified atom stereocenters. The van der Waals surface area contributed by atoms with Gasteiger partial charge in [-0.2, -0.15) is 0 Å². The lowest BCUT2D eigenvalue weighted by Gasteiger charge is -2.15. The van der Waals surface area contributed by atoms with Gasteiger partial charge in [-0.15, -0.1) is 0 Å². The number of ketones is 2. The van der Waals surface area contributed by atoms with Crippen molar-refractivity contribution in [2.45, 2.75) is 9.79 Å². The first-order valence-corrected chi connectivity index (χ1v) is 7.71. The van der Waals surface area contributed by atoms with E-state index in [1.165, 1.54) is 24.9 Å². The maximum atomic E-state index is 12.1. The number of benzene rings is 2. The lowest BCUT2D eigenvalue weighted by molar-refractivity contribution is 0.0916. The Kier molecular flexibility index (Phi) is 4.05. The molecule has 1 aliphatic carbocycles. The van der Waals surface area contributed by atoms with Crippen molar-refractivity contribution >= 4 is 34.9 Å². The number of allylic oxidation sites excluding steroid dienone is 2. The van der Waals surface area contributed by atoms with Crippen molar-refractivity contribution in [2.24, 2.45) is 0 Å². The molecule has 5 heteroatoms. The zero-order valence-corrected chi connectivity index (χ0v) is 13.2. The number of methoxy groups -OCH3 is 1. The summed E-state index contributed by atoms with van der Waals surface area (Å²) >= 11 is 7.59. The molecule has 1 aliphatic rings. The van der Waals surface area contributed by atoms with Gasteiger partial charge < -0.3 is 4.74 Å². The summed E-state index contributed by atoms with van der Waals surface area (Å²) in [4.78, 5) is 26.0. The van der Waals surface area contributed by atoms with Gasteiger partial charge in [-0.3, -0.25) is 9.59 Å². The number of hydrogen-bond donors (Lipinski definition) is 0. The summed E-state index contributed by atoms with van der Waals surface area (Å²) in [5, 5.41) is 0.647. The number of Topliss-reactive ketones (excluding diaryl/α,β-unsaturated/α-hetero) is 1. The summed E-state index contributed by atoms with van der Waals surface area (Å²) in [6, 6.07) is 12.6. The summed E-state index contributed by atoms with van der Waals surface area (Å²) in [5.74, 6) is -0.427. The molecule has 22 heavy (non-hydrogen) atoms. The SMILES string of the molecule is COC1=CC(=O)c2cc(Sc3ccccc3Cl)ccc2C1=O. The molecule has 0 saturated heterocycles. The van der Waals surface area contributed by atoms with Gasteiger partial charge in [0, 0.05) is 27.0 Å². The highest BCUT2D eigenvalue weighted by Gasteiger charge is 2.26. The first kappa shape index (κ1) is 14.9. The highest BCUT2D eigenvalue weighted by atomic mass is 35.5. The fourth-order valence-corrected chi connectivity index (χ4v) is 3.32. The van der Waals surface area contributed by atoms with Crippen molar-refractivity contribution in [3.63, 3.8) is 0 Å². The minimum absolute atomic E-state index is 0.0732. The molecule has 0 fully saturated rings. The number of rotatable bonds is 3. The van der Waals surface area contributed by atoms with Crippen LogP contribution in [0.15, 0.2) is 64.1 Å². The van der Waals surface area contributed by atoms with Crippen LogP contribution in [0.25, 0.3) is 0 Å². The lowest BCUT2D eigenvalue weighted by Crippen LogP contribution is -2.17. The van der Waals surface area contributed by atoms with Crippen molar-refractivity contribution in [2.75, 3.05) is 7.11 Å². The Bertz CT molecular complexity index is 811. The Morgan fingerprint density at radius 1 is 1.05 bits per heavy atom. The zero-order valence-electron chi connectivity index (χ0n) is 11.6. The third-order valence-electron chi connectivity index (χ3n) is 3.27. The molecular formula is C17H11ClO3S. The monoisotopic (exact) mass is 330 g/mol. The van der Waals surface area contributed by atoms with Gasteiger partial charge in [-0.1, -0.05) is 35.5 Å². The molecular weight excluding hydrogens is 320 g/mol. The van der Waals surface area contributed by atoms with Crippen molar-refractivity contribution < 1.29 is 14.3 Å². The Morgan fingerprint density at radius 2 is 1.82 bits per heavy atom. The van der Waals surface area contributed by atoms with Crippen LogP contribution in [0.3, 0.4) is 0 Å². The second kappa shape index (κ2) is 5.99. The van der Waals surface area contributed by atoms with E-state index in [0.717, 1.165) is 9.79 Å². The van der Waals surface area contributed by atoms with E-state index in [2.05, 4.69) is 0 Å². The van der Waals surface area contributed by atoms with Gasteiger partial charge in [0.1, 0.15) is 0 Å². The molecule has 0 spiro atoms. The highest BCUT2D eigenvalue weighted by Crippen LogP contribution is 2.35. The molecule has 0 radical (unpaired) electrons. The number of ether oxygens (including phenoxy) is 1. The highest BCUT2D eigenvalue weighted by molar-refractivity contribution is 7.99. The molecule has 0 saturated carbocycles. The second-order valence-corrected chi connectivity index (χ2v) is 6.17. The van der Waals surface area contributed by atoms with Crippen LogP contribution < -0.4 is 0 Å². The van der Waals surface area contributed by atoms with Crippen molar-refractivity contribution in [3.8, 4) is 0 Å². The topological polar surface area (TPSA) is 43.4 Å². The number of carbonyl (C=O) groups excluding carboxylic acids is 2. The number of halogens is 1. The van der Waals surface area contributed by atoms with Crippen molar-refractivity contribution in [3.05, 3.63) is 70.4 Å². The van der Waals surface area contributed by atoms with Gasteiger partial charge in [0.15, 0.2) is 11.5 Å². The minimum Gasteiger partial charge on any atom is -0.492 e. The third kappa shape index (κ3) is 2.67. The van der Waals surface area contributed by atoms with Crippen molar-refractivity contribution in [1.29, 1.82) is 0 Å². The maximum absolute atomic E-state index is 12.1. The molecule has 2 aromatic carbocycles. The Morgan fingerprint density at radius 3 is 2.55 bits per heavy atom. The molecule has 2 aromatic rings. The Hall–Kier alpha value is -2.04.